The van der Waals surface area contributed by atoms with Gasteiger partial charge in [0.05, 0.1) is 21.3 Å². The van der Waals surface area contributed by atoms with Crippen molar-refractivity contribution >= 4 is 22.5 Å². The number of hydrogen-bond donors (Lipinski definition) is 0. The summed E-state index contributed by atoms with van der Waals surface area (Å²) in [7, 11) is 2.63. The van der Waals surface area contributed by atoms with Gasteiger partial charge in [0.1, 0.15) is 16.1 Å². The molecule has 0 aliphatic carbocycles. The summed E-state index contributed by atoms with van der Waals surface area (Å²) in [6.07, 6.45) is 0. The maximum atomic E-state index is 5.49. The Hall–Kier alpha value is 0.520. The number of rotatable bonds is 4. The van der Waals surface area contributed by atoms with E-state index in [0.29, 0.717) is 0 Å². The zero-order chi connectivity index (χ0) is 7.33. The van der Waals surface area contributed by atoms with E-state index in [4.69, 9.17) is 24.2 Å². The van der Waals surface area contributed by atoms with Gasteiger partial charge in [-0.1, -0.05) is 0 Å². The van der Waals surface area contributed by atoms with Crippen molar-refractivity contribution in [2.45, 2.75) is 0 Å². The highest BCUT2D eigenvalue weighted by Crippen LogP contribution is 2.49. The van der Waals surface area contributed by atoms with Crippen molar-refractivity contribution in [1.29, 1.82) is 0 Å². The van der Waals surface area contributed by atoms with Gasteiger partial charge in [0, 0.05) is 0 Å². The summed E-state index contributed by atoms with van der Waals surface area (Å²) in [6, 6.07) is 0. The van der Waals surface area contributed by atoms with Crippen molar-refractivity contribution in [1.82, 2.24) is 0 Å². The Morgan fingerprint density at radius 3 is 1.44 bits per heavy atom. The van der Waals surface area contributed by atoms with E-state index >= 15 is 0 Å². The molecular formula is C4H11ClO3S. The molecule has 3 nitrogen and oxygen atoms in total. The molecule has 0 aromatic heterocycles. The molecule has 0 bridgehead atoms. The van der Waals surface area contributed by atoms with Crippen LogP contribution in [0.2, 0.25) is 0 Å². The highest BCUT2D eigenvalue weighted by molar-refractivity contribution is 8.22. The Labute approximate surface area is 62.2 Å². The first-order valence-corrected chi connectivity index (χ1v) is 4.39. The SMILES string of the molecule is COS(CCl)(OC)OC. The lowest BCUT2D eigenvalue weighted by atomic mass is 11.8. The lowest BCUT2D eigenvalue weighted by molar-refractivity contribution is 0.252. The number of halogens is 1. The minimum absolute atomic E-state index is 0.233. The van der Waals surface area contributed by atoms with Crippen LogP contribution >= 0.6 is 22.5 Å². The van der Waals surface area contributed by atoms with Crippen LogP contribution < -0.4 is 0 Å². The molecule has 5 heteroatoms. The highest BCUT2D eigenvalue weighted by atomic mass is 35.5. The van der Waals surface area contributed by atoms with E-state index in [2.05, 4.69) is 0 Å². The zero-order valence-electron chi connectivity index (χ0n) is 5.72. The van der Waals surface area contributed by atoms with E-state index in [-0.39, 0.29) is 5.21 Å². The van der Waals surface area contributed by atoms with Gasteiger partial charge in [-0.15, -0.1) is 11.6 Å². The van der Waals surface area contributed by atoms with Crippen LogP contribution in [-0.4, -0.2) is 26.5 Å². The Kier molecular flexibility index (Phi) is 4.61. The average Bonchev–Trinajstić information content (AvgIpc) is 1.95. The monoisotopic (exact) mass is 174 g/mol. The molecule has 0 heterocycles. The fourth-order valence-electron chi connectivity index (χ4n) is 0.338. The molecule has 0 aromatic rings. The first-order valence-electron chi connectivity index (χ1n) is 2.28. The first-order chi connectivity index (χ1) is 4.24. The molecule has 0 aliphatic heterocycles. The molecule has 0 spiro atoms. The number of alkyl halides is 1. The minimum Gasteiger partial charge on any atom is -0.295 e. The van der Waals surface area contributed by atoms with Gasteiger partial charge in [-0.05, 0) is 0 Å². The second-order valence-electron chi connectivity index (χ2n) is 1.17. The van der Waals surface area contributed by atoms with Crippen molar-refractivity contribution in [2.24, 2.45) is 0 Å². The first kappa shape index (κ1) is 9.52. The molecule has 58 valence electrons. The molecule has 0 fully saturated rings. The predicted molar refractivity (Wildman–Crippen MR) is 39.3 cm³/mol. The molecule has 0 aliphatic rings. The summed E-state index contributed by atoms with van der Waals surface area (Å²) in [5.74, 6) is 0. The standard InChI is InChI=1S/C4H11ClO3S/c1-6-9(4-5,7-2)8-3/h4H2,1-3H3. The van der Waals surface area contributed by atoms with Crippen molar-refractivity contribution in [3.8, 4) is 0 Å². The molecule has 9 heavy (non-hydrogen) atoms. The van der Waals surface area contributed by atoms with Crippen LogP contribution in [0, 0.1) is 0 Å². The zero-order valence-corrected chi connectivity index (χ0v) is 7.29. The Bertz CT molecular complexity index is 58.7. The maximum absolute atomic E-state index is 5.49. The normalized spacial score (nSPS) is 13.8. The fourth-order valence-corrected chi connectivity index (χ4v) is 1.82. The smallest absolute Gasteiger partial charge is 0.121 e. The Morgan fingerprint density at radius 2 is 1.44 bits per heavy atom. The maximum Gasteiger partial charge on any atom is 0.121 e. The largest absolute Gasteiger partial charge is 0.295 e. The van der Waals surface area contributed by atoms with Crippen molar-refractivity contribution < 1.29 is 12.5 Å². The summed E-state index contributed by atoms with van der Waals surface area (Å²) in [5, 5.41) is 0.233. The van der Waals surface area contributed by atoms with Gasteiger partial charge in [0.2, 0.25) is 0 Å². The van der Waals surface area contributed by atoms with Crippen LogP contribution in [0.3, 0.4) is 0 Å². The van der Waals surface area contributed by atoms with Crippen molar-refractivity contribution in [3.05, 3.63) is 0 Å². The third kappa shape index (κ3) is 2.31. The molecule has 0 saturated heterocycles. The van der Waals surface area contributed by atoms with E-state index in [1.165, 1.54) is 21.3 Å². The van der Waals surface area contributed by atoms with Gasteiger partial charge in [0.25, 0.3) is 0 Å². The van der Waals surface area contributed by atoms with E-state index < -0.39 is 10.9 Å². The third-order valence-electron chi connectivity index (χ3n) is 0.895. The van der Waals surface area contributed by atoms with Gasteiger partial charge in [0.15, 0.2) is 0 Å². The van der Waals surface area contributed by atoms with Crippen LogP contribution in [0.1, 0.15) is 0 Å². The van der Waals surface area contributed by atoms with E-state index in [0.717, 1.165) is 0 Å². The van der Waals surface area contributed by atoms with E-state index in [9.17, 15) is 0 Å². The molecule has 0 amide bonds. The summed E-state index contributed by atoms with van der Waals surface area (Å²) in [5.41, 5.74) is 0. The molecule has 0 aromatic carbocycles. The minimum atomic E-state index is -1.88. The second-order valence-corrected chi connectivity index (χ2v) is 4.16. The lowest BCUT2D eigenvalue weighted by Gasteiger charge is -2.30. The topological polar surface area (TPSA) is 27.7 Å². The fraction of sp³-hybridized carbons (Fsp3) is 1.00. The van der Waals surface area contributed by atoms with E-state index in [1.807, 2.05) is 0 Å². The third-order valence-corrected chi connectivity index (χ3v) is 3.49. The summed E-state index contributed by atoms with van der Waals surface area (Å²) < 4.78 is 14.7. The van der Waals surface area contributed by atoms with Crippen LogP contribution in [0.15, 0.2) is 0 Å². The summed E-state index contributed by atoms with van der Waals surface area (Å²) in [6.45, 7) is 0. The molecular weight excluding hydrogens is 164 g/mol. The molecule has 0 unspecified atom stereocenters. The summed E-state index contributed by atoms with van der Waals surface area (Å²) in [4.78, 5) is 0. The second kappa shape index (κ2) is 4.35. The number of hydrogen-bond acceptors (Lipinski definition) is 3. The van der Waals surface area contributed by atoms with Gasteiger partial charge in [-0.25, -0.2) is 0 Å². The molecule has 0 atom stereocenters. The van der Waals surface area contributed by atoms with Crippen LogP contribution in [-0.2, 0) is 12.5 Å². The Morgan fingerprint density at radius 1 is 1.11 bits per heavy atom. The molecule has 0 rings (SSSR count). The van der Waals surface area contributed by atoms with Crippen molar-refractivity contribution in [2.75, 3.05) is 26.5 Å². The quantitative estimate of drug-likeness (QED) is 0.607. The predicted octanol–water partition coefficient (Wildman–Crippen LogP) is 1.67. The van der Waals surface area contributed by atoms with Crippen molar-refractivity contribution in [3.63, 3.8) is 0 Å². The van der Waals surface area contributed by atoms with Crippen LogP contribution in [0.4, 0.5) is 0 Å². The molecule has 0 N–H and O–H groups in total. The van der Waals surface area contributed by atoms with Crippen LogP contribution in [0.5, 0.6) is 0 Å². The Balaban J connectivity index is 3.82. The van der Waals surface area contributed by atoms with Gasteiger partial charge >= 0.3 is 0 Å². The van der Waals surface area contributed by atoms with Crippen LogP contribution in [0.25, 0.3) is 0 Å². The average molecular weight is 175 g/mol. The molecule has 0 radical (unpaired) electrons. The van der Waals surface area contributed by atoms with Gasteiger partial charge < -0.3 is 0 Å². The van der Waals surface area contributed by atoms with Gasteiger partial charge in [-0.3, -0.25) is 12.5 Å². The highest BCUT2D eigenvalue weighted by Gasteiger charge is 2.20. The van der Waals surface area contributed by atoms with Gasteiger partial charge in [-0.2, -0.15) is 0 Å². The summed E-state index contributed by atoms with van der Waals surface area (Å²) >= 11 is 5.49. The lowest BCUT2D eigenvalue weighted by Crippen LogP contribution is -2.07. The van der Waals surface area contributed by atoms with E-state index in [1.54, 1.807) is 0 Å². The molecule has 0 saturated carbocycles.